The minimum atomic E-state index is 0.129. The van der Waals surface area contributed by atoms with E-state index in [2.05, 4.69) is 59.3 Å². The summed E-state index contributed by atoms with van der Waals surface area (Å²) < 4.78 is 15.8. The number of nitrogens with one attached hydrogen (secondary N) is 2. The Balaban J connectivity index is 0.000000152. The molecule has 24 nitrogen and oxygen atoms in total. The monoisotopic (exact) mass is 944 g/mol. The van der Waals surface area contributed by atoms with Crippen LogP contribution in [0.2, 0.25) is 0 Å². The molecule has 0 bridgehead atoms. The van der Waals surface area contributed by atoms with Gasteiger partial charge in [-0.2, -0.15) is 0 Å². The van der Waals surface area contributed by atoms with Crippen LogP contribution in [-0.2, 0) is 27.4 Å². The van der Waals surface area contributed by atoms with E-state index in [1.807, 2.05) is 4.90 Å². The molecule has 69 heavy (non-hydrogen) atoms. The number of hydrogen-bond acceptors (Lipinski definition) is 21. The second-order valence-electron chi connectivity index (χ2n) is 18.5. The van der Waals surface area contributed by atoms with Crippen molar-refractivity contribution in [3.63, 3.8) is 0 Å². The van der Waals surface area contributed by atoms with Gasteiger partial charge in [0.2, 0.25) is 29.7 Å². The lowest BCUT2D eigenvalue weighted by atomic mass is 10.3. The number of nitrogens with two attached hydrogens (primary N) is 2. The van der Waals surface area contributed by atoms with Crippen molar-refractivity contribution in [2.45, 2.75) is 38.8 Å². The van der Waals surface area contributed by atoms with Crippen molar-refractivity contribution in [1.29, 1.82) is 0 Å². The lowest BCUT2D eigenvalue weighted by Gasteiger charge is -2.35. The summed E-state index contributed by atoms with van der Waals surface area (Å²) in [5, 5.41) is 6.39. The lowest BCUT2D eigenvalue weighted by Crippen LogP contribution is -2.51. The number of hydrogen-bond donors (Lipinski definition) is 4. The van der Waals surface area contributed by atoms with Crippen LogP contribution in [-0.4, -0.2) is 188 Å². The largest absolute Gasteiger partial charge is 0.378 e. The first kappa shape index (κ1) is 44.9. The van der Waals surface area contributed by atoms with Crippen LogP contribution < -0.4 is 41.7 Å². The van der Waals surface area contributed by atoms with Gasteiger partial charge >= 0.3 is 0 Å². The smallest absolute Gasteiger partial charge is 0.236 e. The molecule has 2 saturated carbocycles. The lowest BCUT2D eigenvalue weighted by molar-refractivity contribution is -0.130. The Morgan fingerprint density at radius 1 is 0.594 bits per heavy atom. The molecule has 12 rings (SSSR count). The zero-order valence-corrected chi connectivity index (χ0v) is 39.2. The highest BCUT2D eigenvalue weighted by Gasteiger charge is 2.33. The molecular weight excluding hydrogens is 883 g/mol. The number of piperazine rings is 2. The van der Waals surface area contributed by atoms with E-state index in [0.717, 1.165) is 130 Å². The summed E-state index contributed by atoms with van der Waals surface area (Å²) in [6.07, 6.45) is 11.7. The molecule has 1 amide bonds. The standard InChI is InChI=1S/C24H33N11O2.C21H28N10O/c1-26-14-18(36)32-4-6-34(7-5-32)24-29-19-21(33-8-10-37-11-9-33)30-20(17-12-27-23(25)28-13-17)31-22(19)35(24)15-16-2-3-16;22-20-24-11-15(12-25-20)17-27-18(29-7-9-32-10-8-29)16-19(28-17)31(13-14-1-2-14)21(26-16)30-5-3-23-4-6-30/h12-13,16,26H,2-11,14-15H2,1H3,(H2,25,27,28);11-12,14,23H,1-10,13H2,(H2,22,24,25). The molecule has 0 atom stereocenters. The third-order valence-electron chi connectivity index (χ3n) is 13.5. The van der Waals surface area contributed by atoms with Gasteiger partial charge in [-0.3, -0.25) is 13.9 Å². The predicted octanol–water partition coefficient (Wildman–Crippen LogP) is 0.502. The van der Waals surface area contributed by atoms with Gasteiger partial charge < -0.3 is 56.1 Å². The SMILES string of the molecule is CNCC(=O)N1CCN(c2nc3c(N4CCOCC4)nc(-c4cnc(N)nc4)nc3n2CC2CC2)CC1.Nc1ncc(-c2nc(N3CCOCC3)c3nc(N4CCNCC4)n(CC4CC4)c3n2)cn1. The van der Waals surface area contributed by atoms with E-state index in [4.69, 9.17) is 50.8 Å². The molecule has 2 aliphatic carbocycles. The molecule has 6 aromatic rings. The van der Waals surface area contributed by atoms with E-state index in [-0.39, 0.29) is 17.8 Å². The number of ether oxygens (including phenoxy) is 2. The van der Waals surface area contributed by atoms with Crippen LogP contribution in [0.4, 0.5) is 35.4 Å². The molecule has 10 heterocycles. The molecular formula is C45H61N21O3. The number of carbonyl (C=O) groups is 1. The van der Waals surface area contributed by atoms with Gasteiger partial charge in [-0.15, -0.1) is 0 Å². The zero-order valence-electron chi connectivity index (χ0n) is 39.2. The van der Waals surface area contributed by atoms with Crippen molar-refractivity contribution in [2.24, 2.45) is 11.8 Å². The van der Waals surface area contributed by atoms with Crippen molar-refractivity contribution in [3.05, 3.63) is 24.8 Å². The summed E-state index contributed by atoms with van der Waals surface area (Å²) in [6.45, 7) is 14.4. The molecule has 24 heteroatoms. The molecule has 0 unspecified atom stereocenters. The van der Waals surface area contributed by atoms with Crippen LogP contribution in [0.5, 0.6) is 0 Å². The van der Waals surface area contributed by atoms with Crippen molar-refractivity contribution in [1.82, 2.24) is 74.5 Å². The van der Waals surface area contributed by atoms with Gasteiger partial charge in [-0.05, 0) is 44.6 Å². The molecule has 0 radical (unpaired) electrons. The topological polar surface area (TPSA) is 267 Å². The highest BCUT2D eigenvalue weighted by molar-refractivity contribution is 5.89. The third kappa shape index (κ3) is 9.83. The molecule has 0 spiro atoms. The fraction of sp³-hybridized carbons (Fsp3) is 0.578. The average Bonchev–Trinajstić information content (AvgIpc) is 4.34. The summed E-state index contributed by atoms with van der Waals surface area (Å²) in [4.78, 5) is 70.3. The maximum atomic E-state index is 12.4. The van der Waals surface area contributed by atoms with Crippen LogP contribution >= 0.6 is 0 Å². The van der Waals surface area contributed by atoms with E-state index < -0.39 is 0 Å². The van der Waals surface area contributed by atoms with Crippen LogP contribution in [0.25, 0.3) is 45.1 Å². The summed E-state index contributed by atoms with van der Waals surface area (Å²) >= 11 is 0. The van der Waals surface area contributed by atoms with E-state index in [1.54, 1.807) is 31.8 Å². The predicted molar refractivity (Wildman–Crippen MR) is 261 cm³/mol. The van der Waals surface area contributed by atoms with Gasteiger partial charge in [0.05, 0.1) is 44.1 Å². The molecule has 6 N–H and O–H groups in total. The number of anilines is 6. The molecule has 6 aromatic heterocycles. The Morgan fingerprint density at radius 2 is 1.03 bits per heavy atom. The maximum absolute atomic E-state index is 12.4. The molecule has 364 valence electrons. The second-order valence-corrected chi connectivity index (χ2v) is 18.5. The number of imidazole rings is 2. The van der Waals surface area contributed by atoms with Crippen LogP contribution in [0.3, 0.4) is 0 Å². The van der Waals surface area contributed by atoms with Crippen molar-refractivity contribution in [2.75, 3.05) is 150 Å². The molecule has 6 aliphatic rings. The minimum Gasteiger partial charge on any atom is -0.378 e. The number of nitrogen functional groups attached to an aromatic ring is 2. The normalized spacial score (nSPS) is 19.1. The van der Waals surface area contributed by atoms with Gasteiger partial charge in [0, 0.05) is 116 Å². The maximum Gasteiger partial charge on any atom is 0.236 e. The van der Waals surface area contributed by atoms with Gasteiger partial charge in [-0.1, -0.05) is 0 Å². The third-order valence-corrected chi connectivity index (χ3v) is 13.5. The molecule has 4 saturated heterocycles. The Kier molecular flexibility index (Phi) is 12.8. The number of aromatic nitrogens is 12. The highest BCUT2D eigenvalue weighted by Crippen LogP contribution is 2.38. The molecule has 0 aromatic carbocycles. The summed E-state index contributed by atoms with van der Waals surface area (Å²) in [5.41, 5.74) is 16.3. The van der Waals surface area contributed by atoms with E-state index in [9.17, 15) is 4.79 Å². The van der Waals surface area contributed by atoms with E-state index in [1.165, 1.54) is 25.7 Å². The summed E-state index contributed by atoms with van der Waals surface area (Å²) in [7, 11) is 1.80. The summed E-state index contributed by atoms with van der Waals surface area (Å²) in [5.74, 6) is 6.62. The molecule has 6 fully saturated rings. The van der Waals surface area contributed by atoms with Gasteiger partial charge in [0.1, 0.15) is 0 Å². The van der Waals surface area contributed by atoms with E-state index in [0.29, 0.717) is 75.1 Å². The van der Waals surface area contributed by atoms with Crippen LogP contribution in [0.1, 0.15) is 25.7 Å². The van der Waals surface area contributed by atoms with Gasteiger partial charge in [0.15, 0.2) is 45.6 Å². The van der Waals surface area contributed by atoms with Gasteiger partial charge in [0.25, 0.3) is 0 Å². The number of likely N-dealkylation sites (N-methyl/N-ethyl adjacent to an activating group) is 1. The number of rotatable bonds is 12. The zero-order chi connectivity index (χ0) is 46.8. The highest BCUT2D eigenvalue weighted by atomic mass is 16.5. The number of amides is 1. The van der Waals surface area contributed by atoms with Crippen LogP contribution in [0.15, 0.2) is 24.8 Å². The minimum absolute atomic E-state index is 0.129. The Bertz CT molecular complexity index is 2730. The average molecular weight is 944 g/mol. The Labute approximate surface area is 399 Å². The Morgan fingerprint density at radius 3 is 1.45 bits per heavy atom. The second kappa shape index (κ2) is 19.8. The first-order chi connectivity index (χ1) is 33.9. The molecule has 4 aliphatic heterocycles. The van der Waals surface area contributed by atoms with Crippen molar-refractivity contribution < 1.29 is 14.3 Å². The number of fused-ring (bicyclic) bond motifs is 2. The fourth-order valence-electron chi connectivity index (χ4n) is 9.33. The number of carbonyl (C=O) groups excluding carboxylic acids is 1. The summed E-state index contributed by atoms with van der Waals surface area (Å²) in [6, 6.07) is 0. The Hall–Kier alpha value is -6.63. The van der Waals surface area contributed by atoms with Crippen LogP contribution in [0, 0.1) is 11.8 Å². The number of morpholine rings is 2. The fourth-order valence-corrected chi connectivity index (χ4v) is 9.33. The van der Waals surface area contributed by atoms with Crippen molar-refractivity contribution in [3.8, 4) is 22.8 Å². The number of nitrogens with zero attached hydrogens (tertiary/aromatic N) is 17. The first-order valence-corrected chi connectivity index (χ1v) is 24.4. The van der Waals surface area contributed by atoms with E-state index >= 15 is 0 Å². The van der Waals surface area contributed by atoms with Crippen molar-refractivity contribution >= 4 is 63.7 Å². The van der Waals surface area contributed by atoms with Gasteiger partial charge in [-0.25, -0.2) is 49.8 Å². The quantitative estimate of drug-likeness (QED) is 0.130. The first-order valence-electron chi connectivity index (χ1n) is 24.4.